The Hall–Kier alpha value is -4.36. The number of carbonyl (C=O) groups excluding carboxylic acids is 2. The van der Waals surface area contributed by atoms with Gasteiger partial charge in [0.1, 0.15) is 0 Å². The summed E-state index contributed by atoms with van der Waals surface area (Å²) < 4.78 is 2.69. The average Bonchev–Trinajstić information content (AvgIpc) is 3.17. The van der Waals surface area contributed by atoms with E-state index < -0.39 is 13.3 Å². The van der Waals surface area contributed by atoms with Crippen LogP contribution in [0, 0.1) is 0 Å². The molecule has 0 unspecified atom stereocenters. The number of aromatic nitrogens is 2. The Morgan fingerprint density at radius 1 is 0.737 bits per heavy atom. The summed E-state index contributed by atoms with van der Waals surface area (Å²) in [5.74, 6) is 6.00. The van der Waals surface area contributed by atoms with E-state index in [1.54, 1.807) is 12.3 Å². The van der Waals surface area contributed by atoms with Crippen LogP contribution in [0.15, 0.2) is 103 Å². The van der Waals surface area contributed by atoms with Gasteiger partial charge in [0.25, 0.3) is 0 Å². The summed E-state index contributed by atoms with van der Waals surface area (Å²) in [7, 11) is 0. The molecule has 6 heteroatoms. The van der Waals surface area contributed by atoms with Gasteiger partial charge in [-0.2, -0.15) is 0 Å². The zero-order valence-corrected chi connectivity index (χ0v) is 23.1. The van der Waals surface area contributed by atoms with E-state index in [-0.39, 0.29) is 17.1 Å². The Labute approximate surface area is 222 Å². The second kappa shape index (κ2) is 8.33. The van der Waals surface area contributed by atoms with Crippen LogP contribution in [0.4, 0.5) is 17.3 Å². The number of hydrogen-bond donors (Lipinski definition) is 0. The SMILES string of the molecule is [CH3][Ge]1([CH3])[c]2ccccc2N(c2ccc(C=C3C(=O)c4cc5ccccc5cc4C3=O)cn2)c2nccc[c]21. The summed E-state index contributed by atoms with van der Waals surface area (Å²) in [4.78, 5) is 38.0. The van der Waals surface area contributed by atoms with Gasteiger partial charge in [-0.25, -0.2) is 0 Å². The van der Waals surface area contributed by atoms with Gasteiger partial charge in [0, 0.05) is 0 Å². The average molecular weight is 554 g/mol. The summed E-state index contributed by atoms with van der Waals surface area (Å²) in [6.07, 6.45) is 5.20. The van der Waals surface area contributed by atoms with Crippen LogP contribution in [-0.2, 0) is 0 Å². The van der Waals surface area contributed by atoms with Gasteiger partial charge in [0.2, 0.25) is 0 Å². The number of rotatable bonds is 2. The topological polar surface area (TPSA) is 63.2 Å². The van der Waals surface area contributed by atoms with Crippen LogP contribution in [-0.4, -0.2) is 34.8 Å². The first-order valence-corrected chi connectivity index (χ1v) is 18.9. The molecule has 182 valence electrons. The molecular formula is C32H23GeN3O2. The van der Waals surface area contributed by atoms with Crippen molar-refractivity contribution >= 4 is 67.8 Å². The standard InChI is InChI=1S/C32H23GeN3O2/c1-33(2)26-10-5-6-12-28(26)36(32-27(33)11-7-15-34-32)29-14-13-20(19-35-29)16-25-30(37)23-17-21-8-3-4-9-22(21)18-24(23)31(25)38/h3-19H,1-2H3. The number of ketones is 2. The zero-order valence-electron chi connectivity index (χ0n) is 21.0. The summed E-state index contributed by atoms with van der Waals surface area (Å²) in [6, 6.07) is 28.0. The van der Waals surface area contributed by atoms with Crippen LogP contribution in [0.3, 0.4) is 0 Å². The van der Waals surface area contributed by atoms with Gasteiger partial charge >= 0.3 is 188 Å². The molecule has 3 aromatic carbocycles. The number of nitrogens with zero attached hydrogens (tertiary/aromatic N) is 3. The molecule has 3 heterocycles. The van der Waals surface area contributed by atoms with Crippen LogP contribution in [0.2, 0.25) is 11.5 Å². The third-order valence-electron chi connectivity index (χ3n) is 7.67. The summed E-state index contributed by atoms with van der Waals surface area (Å²) >= 11 is -2.53. The van der Waals surface area contributed by atoms with Crippen LogP contribution in [0.1, 0.15) is 26.3 Å². The van der Waals surface area contributed by atoms with E-state index in [9.17, 15) is 9.59 Å². The maximum atomic E-state index is 13.2. The first-order valence-electron chi connectivity index (χ1n) is 12.6. The van der Waals surface area contributed by atoms with Crippen molar-refractivity contribution < 1.29 is 9.59 Å². The predicted molar refractivity (Wildman–Crippen MR) is 154 cm³/mol. The summed E-state index contributed by atoms with van der Waals surface area (Å²) in [5, 5.41) is 1.89. The van der Waals surface area contributed by atoms with E-state index >= 15 is 0 Å². The van der Waals surface area contributed by atoms with Crippen LogP contribution in [0.5, 0.6) is 0 Å². The van der Waals surface area contributed by atoms with E-state index in [4.69, 9.17) is 9.97 Å². The molecule has 38 heavy (non-hydrogen) atoms. The number of hydrogen-bond acceptors (Lipinski definition) is 5. The van der Waals surface area contributed by atoms with Gasteiger partial charge < -0.3 is 0 Å². The molecule has 5 nitrogen and oxygen atoms in total. The molecule has 0 bridgehead atoms. The van der Waals surface area contributed by atoms with E-state index in [1.165, 1.54) is 8.79 Å². The number of Topliss-reactive ketones (excluding diaryl/α,β-unsaturated/α-hetero) is 2. The number of fused-ring (bicyclic) bond motifs is 4. The van der Waals surface area contributed by atoms with E-state index in [2.05, 4.69) is 46.7 Å². The van der Waals surface area contributed by atoms with Crippen molar-refractivity contribution in [1.82, 2.24) is 9.97 Å². The quantitative estimate of drug-likeness (QED) is 0.159. The van der Waals surface area contributed by atoms with Crippen molar-refractivity contribution in [3.05, 3.63) is 120 Å². The molecule has 2 aliphatic rings. The minimum atomic E-state index is -2.53. The van der Waals surface area contributed by atoms with E-state index in [0.29, 0.717) is 16.7 Å². The third-order valence-corrected chi connectivity index (χ3v) is 15.0. The first kappa shape index (κ1) is 22.8. The first-order chi connectivity index (χ1) is 18.4. The molecule has 1 aliphatic heterocycles. The second-order valence-corrected chi connectivity index (χ2v) is 19.3. The molecule has 0 fully saturated rings. The van der Waals surface area contributed by atoms with Crippen molar-refractivity contribution in [1.29, 1.82) is 0 Å². The molecule has 5 aromatic rings. The fraction of sp³-hybridized carbons (Fsp3) is 0.0625. The molecule has 0 saturated heterocycles. The molecule has 0 amide bonds. The predicted octanol–water partition coefficient (Wildman–Crippen LogP) is 5.70. The molecule has 2 aromatic heterocycles. The minimum absolute atomic E-state index is 0.176. The Morgan fingerprint density at radius 2 is 1.39 bits per heavy atom. The number of anilines is 3. The monoisotopic (exact) mass is 555 g/mol. The number of allylic oxidation sites excluding steroid dienone is 1. The van der Waals surface area contributed by atoms with Gasteiger partial charge in [-0.1, -0.05) is 24.3 Å². The molecule has 0 spiro atoms. The summed E-state index contributed by atoms with van der Waals surface area (Å²) in [6.45, 7) is 0. The number of para-hydroxylation sites is 1. The van der Waals surface area contributed by atoms with Crippen molar-refractivity contribution in [3.8, 4) is 0 Å². The Bertz CT molecular complexity index is 1730. The van der Waals surface area contributed by atoms with Crippen molar-refractivity contribution in [2.45, 2.75) is 11.5 Å². The van der Waals surface area contributed by atoms with Crippen LogP contribution < -0.4 is 13.7 Å². The zero-order chi connectivity index (χ0) is 26.0. The molecule has 0 radical (unpaired) electrons. The van der Waals surface area contributed by atoms with Gasteiger partial charge in [-0.05, 0) is 10.8 Å². The Morgan fingerprint density at radius 3 is 2.08 bits per heavy atom. The van der Waals surface area contributed by atoms with Crippen molar-refractivity contribution in [2.75, 3.05) is 4.90 Å². The number of benzene rings is 3. The Balaban J connectivity index is 1.28. The molecule has 0 N–H and O–H groups in total. The van der Waals surface area contributed by atoms with Crippen molar-refractivity contribution in [3.63, 3.8) is 0 Å². The number of pyridine rings is 2. The molecule has 0 atom stereocenters. The van der Waals surface area contributed by atoms with E-state index in [0.717, 1.165) is 28.1 Å². The fourth-order valence-electron chi connectivity index (χ4n) is 5.67. The van der Waals surface area contributed by atoms with E-state index in [1.807, 2.05) is 60.8 Å². The van der Waals surface area contributed by atoms with Crippen molar-refractivity contribution in [2.24, 2.45) is 0 Å². The third kappa shape index (κ3) is 3.32. The summed E-state index contributed by atoms with van der Waals surface area (Å²) in [5.41, 5.74) is 2.92. The van der Waals surface area contributed by atoms with Crippen LogP contribution >= 0.6 is 0 Å². The molecule has 1 aliphatic carbocycles. The number of carbonyl (C=O) groups is 2. The molecule has 0 saturated carbocycles. The normalized spacial score (nSPS) is 15.3. The van der Waals surface area contributed by atoms with Gasteiger partial charge in [0.15, 0.2) is 0 Å². The van der Waals surface area contributed by atoms with Gasteiger partial charge in [0.05, 0.1) is 0 Å². The fourth-order valence-corrected chi connectivity index (χ4v) is 11.7. The second-order valence-electron chi connectivity index (χ2n) is 10.3. The van der Waals surface area contributed by atoms with Gasteiger partial charge in [-0.3, -0.25) is 0 Å². The molecule has 7 rings (SSSR count). The Kier molecular flexibility index (Phi) is 5.00. The van der Waals surface area contributed by atoms with Gasteiger partial charge in [-0.15, -0.1) is 0 Å². The maximum absolute atomic E-state index is 13.2. The van der Waals surface area contributed by atoms with Crippen LogP contribution in [0.25, 0.3) is 16.8 Å². The molecular weight excluding hydrogens is 531 g/mol.